The Balaban J connectivity index is 1.30. The first-order valence-corrected chi connectivity index (χ1v) is 20.4. The Morgan fingerprint density at radius 3 is 1.09 bits per heavy atom. The fraction of sp³-hybridized carbons (Fsp3) is 0.148. The van der Waals surface area contributed by atoms with E-state index in [9.17, 15) is 0 Å². The summed E-state index contributed by atoms with van der Waals surface area (Å²) in [6, 6.07) is 63.4. The highest BCUT2D eigenvalue weighted by atomic mass is 14.9. The molecule has 0 saturated heterocycles. The minimum atomic E-state index is 0.982. The summed E-state index contributed by atoms with van der Waals surface area (Å²) in [6.45, 7) is 6.44. The molecular formula is C54H48N2. The van der Waals surface area contributed by atoms with Crippen molar-refractivity contribution in [1.29, 1.82) is 0 Å². The number of anilines is 2. The van der Waals surface area contributed by atoms with Crippen molar-refractivity contribution in [3.8, 4) is 44.5 Å². The average molecular weight is 725 g/mol. The van der Waals surface area contributed by atoms with Gasteiger partial charge < -0.3 is 10.6 Å². The Morgan fingerprint density at radius 2 is 0.679 bits per heavy atom. The normalized spacial score (nSPS) is 11.5. The Bertz CT molecular complexity index is 2620. The number of fused-ring (bicyclic) bond motifs is 4. The van der Waals surface area contributed by atoms with Crippen molar-refractivity contribution in [2.24, 2.45) is 0 Å². The van der Waals surface area contributed by atoms with Gasteiger partial charge in [-0.15, -0.1) is 0 Å². The zero-order valence-corrected chi connectivity index (χ0v) is 32.4. The van der Waals surface area contributed by atoms with Crippen LogP contribution in [-0.4, -0.2) is 13.1 Å². The van der Waals surface area contributed by atoms with Gasteiger partial charge in [-0.1, -0.05) is 148 Å². The van der Waals surface area contributed by atoms with Crippen LogP contribution in [0.25, 0.3) is 87.6 Å². The highest BCUT2D eigenvalue weighted by Crippen LogP contribution is 2.46. The zero-order chi connectivity index (χ0) is 37.8. The van der Waals surface area contributed by atoms with Gasteiger partial charge in [0.15, 0.2) is 0 Å². The summed E-state index contributed by atoms with van der Waals surface area (Å²) in [5.74, 6) is 0. The van der Waals surface area contributed by atoms with E-state index in [4.69, 9.17) is 0 Å². The van der Waals surface area contributed by atoms with Crippen molar-refractivity contribution < 1.29 is 0 Å². The number of benzene rings is 9. The lowest BCUT2D eigenvalue weighted by Gasteiger charge is -2.20. The molecule has 9 aromatic carbocycles. The maximum atomic E-state index is 3.63. The highest BCUT2D eigenvalue weighted by molar-refractivity contribution is 6.22. The fourth-order valence-corrected chi connectivity index (χ4v) is 8.28. The van der Waals surface area contributed by atoms with E-state index in [0.29, 0.717) is 0 Å². The number of hydrogen-bond donors (Lipinski definition) is 2. The summed E-state index contributed by atoms with van der Waals surface area (Å²) in [7, 11) is 0. The van der Waals surface area contributed by atoms with Gasteiger partial charge in [0.1, 0.15) is 0 Å². The first-order valence-electron chi connectivity index (χ1n) is 20.4. The molecule has 9 aromatic rings. The average Bonchev–Trinajstić information content (AvgIpc) is 3.25. The Labute approximate surface area is 330 Å². The first-order chi connectivity index (χ1) is 27.7. The number of rotatable bonds is 12. The van der Waals surface area contributed by atoms with Crippen LogP contribution in [0.5, 0.6) is 0 Å². The van der Waals surface area contributed by atoms with Crippen molar-refractivity contribution in [2.45, 2.75) is 39.5 Å². The predicted molar refractivity (Wildman–Crippen MR) is 245 cm³/mol. The van der Waals surface area contributed by atoms with Crippen LogP contribution < -0.4 is 10.6 Å². The molecule has 0 fully saturated rings. The summed E-state index contributed by atoms with van der Waals surface area (Å²) in [4.78, 5) is 0. The molecule has 0 amide bonds. The molecule has 56 heavy (non-hydrogen) atoms. The van der Waals surface area contributed by atoms with Gasteiger partial charge >= 0.3 is 0 Å². The molecule has 0 radical (unpaired) electrons. The van der Waals surface area contributed by atoms with E-state index in [0.717, 1.165) is 37.3 Å². The van der Waals surface area contributed by atoms with Crippen molar-refractivity contribution in [3.63, 3.8) is 0 Å². The van der Waals surface area contributed by atoms with Gasteiger partial charge in [-0.3, -0.25) is 0 Å². The quantitative estimate of drug-likeness (QED) is 0.0968. The van der Waals surface area contributed by atoms with E-state index in [1.807, 2.05) is 0 Å². The van der Waals surface area contributed by atoms with Crippen molar-refractivity contribution in [1.82, 2.24) is 0 Å². The summed E-state index contributed by atoms with van der Waals surface area (Å²) in [5, 5.41) is 17.3. The SMILES string of the molecule is CCCCNc1ccc(-c2c3ccc(-c4ccc5ccccc5c4)cc3c(-c3ccc(NCCCC)cc3)c3ccc(-c4ccc5ccccc5c4)cc23)cc1. The van der Waals surface area contributed by atoms with Gasteiger partial charge in [-0.25, -0.2) is 0 Å². The van der Waals surface area contributed by atoms with E-state index in [-0.39, 0.29) is 0 Å². The van der Waals surface area contributed by atoms with Gasteiger partial charge in [0.2, 0.25) is 0 Å². The van der Waals surface area contributed by atoms with E-state index in [1.54, 1.807) is 0 Å². The molecule has 0 spiro atoms. The van der Waals surface area contributed by atoms with E-state index in [2.05, 4.69) is 194 Å². The molecule has 0 unspecified atom stereocenters. The molecule has 274 valence electrons. The topological polar surface area (TPSA) is 24.1 Å². The highest BCUT2D eigenvalue weighted by Gasteiger charge is 2.19. The van der Waals surface area contributed by atoms with Gasteiger partial charge in [-0.2, -0.15) is 0 Å². The number of unbranched alkanes of at least 4 members (excludes halogenated alkanes) is 2. The predicted octanol–water partition coefficient (Wildman–Crippen LogP) is 15.4. The molecule has 9 rings (SSSR count). The minimum absolute atomic E-state index is 0.982. The van der Waals surface area contributed by atoms with Crippen molar-refractivity contribution in [3.05, 3.63) is 170 Å². The number of nitrogens with one attached hydrogen (secondary N) is 2. The third kappa shape index (κ3) is 7.00. The van der Waals surface area contributed by atoms with Crippen LogP contribution in [0.3, 0.4) is 0 Å². The van der Waals surface area contributed by atoms with Crippen LogP contribution >= 0.6 is 0 Å². The molecule has 0 atom stereocenters. The molecular weight excluding hydrogens is 677 g/mol. The Hall–Kier alpha value is -6.38. The van der Waals surface area contributed by atoms with Crippen LogP contribution in [0.15, 0.2) is 170 Å². The van der Waals surface area contributed by atoms with Crippen LogP contribution in [-0.2, 0) is 0 Å². The molecule has 0 saturated carbocycles. The third-order valence-electron chi connectivity index (χ3n) is 11.3. The van der Waals surface area contributed by atoms with Crippen LogP contribution in [0.1, 0.15) is 39.5 Å². The molecule has 2 nitrogen and oxygen atoms in total. The summed E-state index contributed by atoms with van der Waals surface area (Å²) >= 11 is 0. The first kappa shape index (κ1) is 35.3. The number of hydrogen-bond acceptors (Lipinski definition) is 2. The largest absolute Gasteiger partial charge is 0.385 e. The second kappa shape index (κ2) is 15.8. The molecule has 0 bridgehead atoms. The van der Waals surface area contributed by atoms with E-state index >= 15 is 0 Å². The molecule has 2 heteroatoms. The lowest BCUT2D eigenvalue weighted by atomic mass is 9.83. The maximum Gasteiger partial charge on any atom is 0.0340 e. The van der Waals surface area contributed by atoms with Gasteiger partial charge in [-0.05, 0) is 149 Å². The minimum Gasteiger partial charge on any atom is -0.385 e. The lowest BCUT2D eigenvalue weighted by molar-refractivity contribution is 0.834. The van der Waals surface area contributed by atoms with Gasteiger partial charge in [0.05, 0.1) is 0 Å². The summed E-state index contributed by atoms with van der Waals surface area (Å²) < 4.78 is 0. The van der Waals surface area contributed by atoms with Crippen molar-refractivity contribution in [2.75, 3.05) is 23.7 Å². The second-order valence-corrected chi connectivity index (χ2v) is 15.1. The summed E-state index contributed by atoms with van der Waals surface area (Å²) in [6.07, 6.45) is 4.67. The molecule has 0 aromatic heterocycles. The smallest absolute Gasteiger partial charge is 0.0340 e. The fourth-order valence-electron chi connectivity index (χ4n) is 8.28. The molecule has 0 heterocycles. The second-order valence-electron chi connectivity index (χ2n) is 15.1. The van der Waals surface area contributed by atoms with Crippen LogP contribution in [0.4, 0.5) is 11.4 Å². The van der Waals surface area contributed by atoms with Crippen LogP contribution in [0.2, 0.25) is 0 Å². The lowest BCUT2D eigenvalue weighted by Crippen LogP contribution is -2.00. The Kier molecular flexibility index (Phi) is 9.95. The van der Waals surface area contributed by atoms with Crippen LogP contribution in [0, 0.1) is 0 Å². The van der Waals surface area contributed by atoms with Crippen molar-refractivity contribution >= 4 is 54.5 Å². The molecule has 0 aliphatic heterocycles. The van der Waals surface area contributed by atoms with E-state index < -0.39 is 0 Å². The third-order valence-corrected chi connectivity index (χ3v) is 11.3. The van der Waals surface area contributed by atoms with Gasteiger partial charge in [0, 0.05) is 24.5 Å². The summed E-state index contributed by atoms with van der Waals surface area (Å²) in [5.41, 5.74) is 12.2. The maximum absolute atomic E-state index is 3.63. The molecule has 0 aliphatic carbocycles. The Morgan fingerprint density at radius 1 is 0.321 bits per heavy atom. The zero-order valence-electron chi connectivity index (χ0n) is 32.4. The molecule has 2 N–H and O–H groups in total. The standard InChI is InChI=1S/C54H48N2/c1-3-5-31-55-47-25-19-39(20-26-47)53-49-29-23-46(44-18-16-38-12-8-10-14-42(38)34-44)36-52(49)54(40-21-27-48(28-22-40)56-32-6-4-2)50-30-24-45(35-51(50)53)43-17-15-37-11-7-9-13-41(37)33-43/h7-30,33-36,55-56H,3-6,31-32H2,1-2H3. The van der Waals surface area contributed by atoms with Gasteiger partial charge in [0.25, 0.3) is 0 Å². The monoisotopic (exact) mass is 724 g/mol. The molecule has 0 aliphatic rings. The van der Waals surface area contributed by atoms with E-state index in [1.165, 1.54) is 100 Å².